The van der Waals surface area contributed by atoms with Gasteiger partial charge in [-0.1, -0.05) is 19.8 Å². The van der Waals surface area contributed by atoms with Crippen molar-refractivity contribution in [1.82, 2.24) is 9.55 Å². The summed E-state index contributed by atoms with van der Waals surface area (Å²) in [6.45, 7) is 3.34. The molecule has 0 radical (unpaired) electrons. The lowest BCUT2D eigenvalue weighted by Crippen LogP contribution is -1.92. The second kappa shape index (κ2) is 15.3. The minimum absolute atomic E-state index is 1.12. The quantitative estimate of drug-likeness (QED) is 0.446. The molecule has 6 nitrogen and oxygen atoms in total. The van der Waals surface area contributed by atoms with Crippen molar-refractivity contribution in [2.24, 2.45) is 11.5 Å². The Kier molecular flexibility index (Phi) is 15.5. The molecule has 0 saturated heterocycles. The Morgan fingerprint density at radius 3 is 2.19 bits per heavy atom. The minimum atomic E-state index is 1.12. The van der Waals surface area contributed by atoms with E-state index in [1.54, 1.807) is 0 Å². The van der Waals surface area contributed by atoms with E-state index >= 15 is 0 Å². The summed E-state index contributed by atoms with van der Waals surface area (Å²) in [6.07, 6.45) is 12.1. The van der Waals surface area contributed by atoms with E-state index in [1.807, 2.05) is 18.7 Å². The molecular weight excluding hydrogens is 204 g/mol. The number of rotatable bonds is 4. The van der Waals surface area contributed by atoms with Gasteiger partial charge >= 0.3 is 0 Å². The van der Waals surface area contributed by atoms with Gasteiger partial charge in [-0.05, 0) is 6.42 Å². The first-order valence-electron chi connectivity index (χ1n) is 4.91. The van der Waals surface area contributed by atoms with E-state index < -0.39 is 0 Å². The van der Waals surface area contributed by atoms with E-state index in [0.29, 0.717) is 0 Å². The Morgan fingerprint density at radius 1 is 1.25 bits per heavy atom. The van der Waals surface area contributed by atoms with Crippen LogP contribution in [0.15, 0.2) is 18.7 Å². The molecule has 0 saturated carbocycles. The van der Waals surface area contributed by atoms with Crippen LogP contribution in [0.4, 0.5) is 0 Å². The molecular formula is C10H18N6. The number of nitriles is 2. The number of hydrogen-bond donors (Lipinski definition) is 2. The fourth-order valence-electron chi connectivity index (χ4n) is 0.963. The zero-order valence-electron chi connectivity index (χ0n) is 9.50. The summed E-state index contributed by atoms with van der Waals surface area (Å²) in [5.74, 6) is 0. The number of nitrogens with zero attached hydrogens (tertiary/aromatic N) is 4. The second-order valence-corrected chi connectivity index (χ2v) is 2.77. The van der Waals surface area contributed by atoms with Crippen LogP contribution in [-0.2, 0) is 6.54 Å². The molecule has 16 heavy (non-hydrogen) atoms. The molecule has 0 aromatic carbocycles. The van der Waals surface area contributed by atoms with Crippen LogP contribution in [0.5, 0.6) is 0 Å². The number of imidazole rings is 1. The third-order valence-corrected chi connectivity index (χ3v) is 1.58. The van der Waals surface area contributed by atoms with E-state index in [-0.39, 0.29) is 0 Å². The molecule has 88 valence electrons. The molecule has 0 aliphatic rings. The van der Waals surface area contributed by atoms with E-state index in [0.717, 1.165) is 6.54 Å². The smallest absolute Gasteiger partial charge is 0.173 e. The van der Waals surface area contributed by atoms with Crippen LogP contribution < -0.4 is 11.5 Å². The van der Waals surface area contributed by atoms with Crippen LogP contribution in [-0.4, -0.2) is 9.55 Å². The Labute approximate surface area is 96.1 Å². The van der Waals surface area contributed by atoms with Gasteiger partial charge in [-0.25, -0.2) is 4.98 Å². The Hall–Kier alpha value is -2.21. The summed E-state index contributed by atoms with van der Waals surface area (Å²) in [5, 5.41) is 14.2. The fourth-order valence-corrected chi connectivity index (χ4v) is 0.963. The molecule has 0 spiro atoms. The normalized spacial score (nSPS) is 7.19. The first-order chi connectivity index (χ1) is 7.76. The largest absolute Gasteiger partial charge is 0.337 e. The highest BCUT2D eigenvalue weighted by Gasteiger charge is 1.87. The van der Waals surface area contributed by atoms with Gasteiger partial charge in [0.2, 0.25) is 0 Å². The van der Waals surface area contributed by atoms with Crippen LogP contribution >= 0.6 is 0 Å². The summed E-state index contributed by atoms with van der Waals surface area (Å²) in [4.78, 5) is 3.96. The van der Waals surface area contributed by atoms with Crippen molar-refractivity contribution in [3.63, 3.8) is 0 Å². The van der Waals surface area contributed by atoms with Crippen molar-refractivity contribution in [1.29, 1.82) is 10.5 Å². The van der Waals surface area contributed by atoms with Crippen LogP contribution in [0, 0.1) is 22.9 Å². The number of aromatic nitrogens is 2. The highest BCUT2D eigenvalue weighted by Crippen LogP contribution is 1.97. The van der Waals surface area contributed by atoms with E-state index in [4.69, 9.17) is 10.5 Å². The van der Waals surface area contributed by atoms with Crippen molar-refractivity contribution >= 4 is 0 Å². The number of hydrogen-bond acceptors (Lipinski definition) is 5. The minimum Gasteiger partial charge on any atom is -0.337 e. The maximum atomic E-state index is 7.10. The topological polar surface area (TPSA) is 117 Å². The maximum Gasteiger partial charge on any atom is 0.173 e. The number of nitrogens with two attached hydrogens (primary N) is 2. The van der Waals surface area contributed by atoms with Gasteiger partial charge in [0.1, 0.15) is 0 Å². The Bertz CT molecular complexity index is 280. The van der Waals surface area contributed by atoms with Crippen molar-refractivity contribution in [2.45, 2.75) is 32.7 Å². The summed E-state index contributed by atoms with van der Waals surface area (Å²) in [6, 6.07) is 0. The third kappa shape index (κ3) is 14.3. The monoisotopic (exact) mass is 222 g/mol. The summed E-state index contributed by atoms with van der Waals surface area (Å²) >= 11 is 0. The van der Waals surface area contributed by atoms with Gasteiger partial charge in [-0.2, -0.15) is 10.5 Å². The molecule has 1 rings (SSSR count). The summed E-state index contributed by atoms with van der Waals surface area (Å²) in [5.41, 5.74) is 8.31. The second-order valence-electron chi connectivity index (χ2n) is 2.77. The van der Waals surface area contributed by atoms with E-state index in [2.05, 4.69) is 27.9 Å². The van der Waals surface area contributed by atoms with Gasteiger partial charge in [-0.15, -0.1) is 0 Å². The molecule has 1 aromatic rings. The van der Waals surface area contributed by atoms with Crippen LogP contribution in [0.25, 0.3) is 0 Å². The SMILES string of the molecule is CCCCCn1ccnc1.N#CN.N#CN. The van der Waals surface area contributed by atoms with Gasteiger partial charge in [0.05, 0.1) is 6.33 Å². The molecule has 0 aliphatic carbocycles. The van der Waals surface area contributed by atoms with Crippen molar-refractivity contribution < 1.29 is 0 Å². The zero-order chi connectivity index (χ0) is 12.6. The summed E-state index contributed by atoms with van der Waals surface area (Å²) in [7, 11) is 0. The highest BCUT2D eigenvalue weighted by atomic mass is 15.0. The lowest BCUT2D eigenvalue weighted by molar-refractivity contribution is 0.602. The molecule has 0 unspecified atom stereocenters. The predicted molar refractivity (Wildman–Crippen MR) is 61.4 cm³/mol. The Morgan fingerprint density at radius 2 is 1.81 bits per heavy atom. The lowest BCUT2D eigenvalue weighted by Gasteiger charge is -1.98. The standard InChI is InChI=1S/C8H14N2.2CH2N2/c1-2-3-4-6-10-7-5-9-8-10;2*2-1-3/h5,7-8H,2-4,6H2,1H3;2*2H2. The molecule has 0 amide bonds. The van der Waals surface area contributed by atoms with Gasteiger partial charge < -0.3 is 16.0 Å². The predicted octanol–water partition coefficient (Wildman–Crippen LogP) is 0.926. The molecule has 0 bridgehead atoms. The summed E-state index contributed by atoms with van der Waals surface area (Å²) < 4.78 is 2.12. The molecule has 1 heterocycles. The third-order valence-electron chi connectivity index (χ3n) is 1.58. The zero-order valence-corrected chi connectivity index (χ0v) is 9.50. The maximum absolute atomic E-state index is 7.10. The Balaban J connectivity index is 0. The van der Waals surface area contributed by atoms with Crippen LogP contribution in [0.3, 0.4) is 0 Å². The van der Waals surface area contributed by atoms with Gasteiger partial charge in [0.15, 0.2) is 12.4 Å². The average Bonchev–Trinajstić information content (AvgIpc) is 2.73. The van der Waals surface area contributed by atoms with E-state index in [9.17, 15) is 0 Å². The number of aryl methyl sites for hydroxylation is 1. The van der Waals surface area contributed by atoms with E-state index in [1.165, 1.54) is 31.6 Å². The van der Waals surface area contributed by atoms with Gasteiger partial charge in [-0.3, -0.25) is 0 Å². The average molecular weight is 222 g/mol. The fraction of sp³-hybridized carbons (Fsp3) is 0.500. The highest BCUT2D eigenvalue weighted by molar-refractivity contribution is 4.73. The van der Waals surface area contributed by atoms with Gasteiger partial charge in [0, 0.05) is 18.9 Å². The van der Waals surface area contributed by atoms with Gasteiger partial charge in [0.25, 0.3) is 0 Å². The van der Waals surface area contributed by atoms with Crippen LogP contribution in [0.2, 0.25) is 0 Å². The molecule has 1 aromatic heterocycles. The molecule has 6 heteroatoms. The van der Waals surface area contributed by atoms with Crippen molar-refractivity contribution in [3.8, 4) is 12.4 Å². The molecule has 0 aliphatic heterocycles. The number of unbranched alkanes of at least 4 members (excludes halogenated alkanes) is 2. The van der Waals surface area contributed by atoms with Crippen molar-refractivity contribution in [2.75, 3.05) is 0 Å². The first-order valence-corrected chi connectivity index (χ1v) is 4.91. The van der Waals surface area contributed by atoms with Crippen LogP contribution in [0.1, 0.15) is 26.2 Å². The molecule has 4 N–H and O–H groups in total. The first kappa shape index (κ1) is 16.2. The molecule has 0 fully saturated rings. The molecule has 0 atom stereocenters. The lowest BCUT2D eigenvalue weighted by atomic mass is 10.2. The van der Waals surface area contributed by atoms with Crippen molar-refractivity contribution in [3.05, 3.63) is 18.7 Å².